The number of aryl methyl sites for hydroxylation is 1. The zero-order chi connectivity index (χ0) is 19.4. The highest BCUT2D eigenvalue weighted by atomic mass is 35.5. The molecule has 6 nitrogen and oxygen atoms in total. The monoisotopic (exact) mass is 408 g/mol. The first-order chi connectivity index (χ1) is 12.8. The molecule has 0 aliphatic carbocycles. The maximum absolute atomic E-state index is 12.5. The zero-order valence-electron chi connectivity index (χ0n) is 14.9. The first-order valence-electron chi connectivity index (χ1n) is 8.64. The minimum atomic E-state index is -3.50. The Hall–Kier alpha value is -2.09. The van der Waals surface area contributed by atoms with E-state index in [2.05, 4.69) is 5.32 Å². The number of carbonyl (C=O) groups excluding carboxylic acids is 1. The van der Waals surface area contributed by atoms with E-state index in [-0.39, 0.29) is 11.9 Å². The van der Waals surface area contributed by atoms with Gasteiger partial charge in [-0.3, -0.25) is 4.79 Å². The van der Waals surface area contributed by atoms with Gasteiger partial charge in [-0.15, -0.1) is 0 Å². The standard InChI is InChI=1S/C19H21ClN2O4S/c1-14-8-12-26-18(14)19(23)21-17-6-10-22(11-7-17)27(24,25)13-9-15-2-4-16(20)5-3-15/h2-5,8-9,12-13,17H,6-7,10-11H2,1H3,(H,21,23)/b13-9+. The lowest BCUT2D eigenvalue weighted by molar-refractivity contribution is 0.0895. The predicted octanol–water partition coefficient (Wildman–Crippen LogP) is 3.44. The molecular weight excluding hydrogens is 388 g/mol. The summed E-state index contributed by atoms with van der Waals surface area (Å²) in [4.78, 5) is 12.2. The van der Waals surface area contributed by atoms with Crippen molar-refractivity contribution in [2.45, 2.75) is 25.8 Å². The summed E-state index contributed by atoms with van der Waals surface area (Å²) in [6, 6.07) is 8.59. The van der Waals surface area contributed by atoms with E-state index in [1.54, 1.807) is 43.3 Å². The highest BCUT2D eigenvalue weighted by Crippen LogP contribution is 2.18. The Labute approximate surface area is 163 Å². The fourth-order valence-electron chi connectivity index (χ4n) is 2.94. The first kappa shape index (κ1) is 19.7. The van der Waals surface area contributed by atoms with Crippen molar-refractivity contribution in [2.24, 2.45) is 0 Å². The van der Waals surface area contributed by atoms with Crippen molar-refractivity contribution in [1.82, 2.24) is 9.62 Å². The molecule has 0 saturated carbocycles. The third-order valence-electron chi connectivity index (χ3n) is 4.52. The van der Waals surface area contributed by atoms with Crippen LogP contribution in [0.2, 0.25) is 5.02 Å². The molecule has 0 radical (unpaired) electrons. The van der Waals surface area contributed by atoms with Crippen molar-refractivity contribution >= 4 is 33.6 Å². The van der Waals surface area contributed by atoms with Gasteiger partial charge < -0.3 is 9.73 Å². The van der Waals surface area contributed by atoms with Crippen molar-refractivity contribution in [1.29, 1.82) is 0 Å². The highest BCUT2D eigenvalue weighted by Gasteiger charge is 2.28. The van der Waals surface area contributed by atoms with Crippen LogP contribution in [0.5, 0.6) is 0 Å². The second-order valence-electron chi connectivity index (χ2n) is 6.48. The van der Waals surface area contributed by atoms with Crippen LogP contribution in [0, 0.1) is 6.92 Å². The largest absolute Gasteiger partial charge is 0.459 e. The number of nitrogens with zero attached hydrogens (tertiary/aromatic N) is 1. The Kier molecular flexibility index (Phi) is 6.04. The van der Waals surface area contributed by atoms with Gasteiger partial charge >= 0.3 is 0 Å². The van der Waals surface area contributed by atoms with E-state index in [9.17, 15) is 13.2 Å². The van der Waals surface area contributed by atoms with Gasteiger partial charge in [0.2, 0.25) is 10.0 Å². The van der Waals surface area contributed by atoms with Crippen molar-refractivity contribution in [2.75, 3.05) is 13.1 Å². The van der Waals surface area contributed by atoms with Crippen LogP contribution in [0.15, 0.2) is 46.4 Å². The van der Waals surface area contributed by atoms with Crippen LogP contribution in [0.4, 0.5) is 0 Å². The molecule has 2 aromatic rings. The molecule has 1 amide bonds. The van der Waals surface area contributed by atoms with Crippen molar-refractivity contribution in [3.05, 3.63) is 63.9 Å². The summed E-state index contributed by atoms with van der Waals surface area (Å²) in [6.07, 6.45) is 4.14. The lowest BCUT2D eigenvalue weighted by Crippen LogP contribution is -2.46. The minimum absolute atomic E-state index is 0.0753. The lowest BCUT2D eigenvalue weighted by atomic mass is 10.1. The van der Waals surface area contributed by atoms with Gasteiger partial charge in [0.25, 0.3) is 5.91 Å². The molecule has 1 fully saturated rings. The number of halogens is 1. The molecule has 0 spiro atoms. The number of sulfonamides is 1. The summed E-state index contributed by atoms with van der Waals surface area (Å²) < 4.78 is 31.6. The molecule has 2 heterocycles. The summed E-state index contributed by atoms with van der Waals surface area (Å²) in [5, 5.41) is 4.72. The Morgan fingerprint density at radius 1 is 1.22 bits per heavy atom. The van der Waals surface area contributed by atoms with Gasteiger partial charge in [0.05, 0.1) is 6.26 Å². The van der Waals surface area contributed by atoms with E-state index in [1.807, 2.05) is 0 Å². The molecule has 144 valence electrons. The molecule has 1 aromatic carbocycles. The quantitative estimate of drug-likeness (QED) is 0.821. The maximum Gasteiger partial charge on any atom is 0.287 e. The number of hydrogen-bond acceptors (Lipinski definition) is 4. The van der Waals surface area contributed by atoms with Gasteiger partial charge in [0.1, 0.15) is 0 Å². The molecule has 0 unspecified atom stereocenters. The molecule has 1 aliphatic rings. The highest BCUT2D eigenvalue weighted by molar-refractivity contribution is 7.92. The summed E-state index contributed by atoms with van der Waals surface area (Å²) >= 11 is 5.83. The van der Waals surface area contributed by atoms with Crippen molar-refractivity contribution in [3.63, 3.8) is 0 Å². The Morgan fingerprint density at radius 2 is 1.89 bits per heavy atom. The molecule has 1 aliphatic heterocycles. The SMILES string of the molecule is Cc1ccoc1C(=O)NC1CCN(S(=O)(=O)/C=C/c2ccc(Cl)cc2)CC1. The number of hydrogen-bond donors (Lipinski definition) is 1. The number of furan rings is 1. The average molecular weight is 409 g/mol. The van der Waals surface area contributed by atoms with Crippen LogP contribution in [-0.2, 0) is 10.0 Å². The molecule has 27 heavy (non-hydrogen) atoms. The van der Waals surface area contributed by atoms with Crippen LogP contribution < -0.4 is 5.32 Å². The number of carbonyl (C=O) groups is 1. The topological polar surface area (TPSA) is 79.6 Å². The summed E-state index contributed by atoms with van der Waals surface area (Å²) in [7, 11) is -3.50. The van der Waals surface area contributed by atoms with Crippen LogP contribution >= 0.6 is 11.6 Å². The number of nitrogens with one attached hydrogen (secondary N) is 1. The van der Waals surface area contributed by atoms with E-state index in [4.69, 9.17) is 16.0 Å². The van der Waals surface area contributed by atoms with Crippen LogP contribution in [0.1, 0.15) is 34.5 Å². The lowest BCUT2D eigenvalue weighted by Gasteiger charge is -2.30. The zero-order valence-corrected chi connectivity index (χ0v) is 16.5. The Balaban J connectivity index is 1.55. The van der Waals surface area contributed by atoms with Crippen LogP contribution in [0.3, 0.4) is 0 Å². The van der Waals surface area contributed by atoms with Gasteiger partial charge in [-0.05, 0) is 49.6 Å². The third kappa shape index (κ3) is 5.00. The Morgan fingerprint density at radius 3 is 2.48 bits per heavy atom. The van der Waals surface area contributed by atoms with Gasteiger partial charge in [-0.2, -0.15) is 4.31 Å². The normalized spacial score (nSPS) is 16.7. The predicted molar refractivity (Wildman–Crippen MR) is 105 cm³/mol. The maximum atomic E-state index is 12.5. The summed E-state index contributed by atoms with van der Waals surface area (Å²) in [5.74, 6) is 0.0393. The Bertz CT molecular complexity index is 927. The van der Waals surface area contributed by atoms with Crippen LogP contribution in [-0.4, -0.2) is 37.8 Å². The van der Waals surface area contributed by atoms with Crippen molar-refractivity contribution in [3.8, 4) is 0 Å². The molecule has 1 aromatic heterocycles. The van der Waals surface area contributed by atoms with Gasteiger partial charge in [0, 0.05) is 35.1 Å². The third-order valence-corrected chi connectivity index (χ3v) is 6.34. The average Bonchev–Trinajstić information content (AvgIpc) is 3.08. The number of rotatable bonds is 5. The van der Waals surface area contributed by atoms with Gasteiger partial charge in [-0.25, -0.2) is 8.42 Å². The first-order valence-corrected chi connectivity index (χ1v) is 10.5. The molecule has 0 bridgehead atoms. The summed E-state index contributed by atoms with van der Waals surface area (Å²) in [6.45, 7) is 2.52. The van der Waals surface area contributed by atoms with E-state index in [0.29, 0.717) is 36.7 Å². The van der Waals surface area contributed by atoms with E-state index in [0.717, 1.165) is 11.1 Å². The van der Waals surface area contributed by atoms with E-state index < -0.39 is 10.0 Å². The van der Waals surface area contributed by atoms with Crippen LogP contribution in [0.25, 0.3) is 6.08 Å². The van der Waals surface area contributed by atoms with Gasteiger partial charge in [-0.1, -0.05) is 23.7 Å². The molecular formula is C19H21ClN2O4S. The molecule has 3 rings (SSSR count). The molecule has 0 atom stereocenters. The fourth-order valence-corrected chi connectivity index (χ4v) is 4.28. The number of piperidine rings is 1. The second kappa shape index (κ2) is 8.29. The molecule has 1 saturated heterocycles. The molecule has 1 N–H and O–H groups in total. The van der Waals surface area contributed by atoms with Crippen molar-refractivity contribution < 1.29 is 17.6 Å². The second-order valence-corrected chi connectivity index (χ2v) is 8.73. The number of benzene rings is 1. The van der Waals surface area contributed by atoms with E-state index >= 15 is 0 Å². The number of amides is 1. The van der Waals surface area contributed by atoms with Gasteiger partial charge in [0.15, 0.2) is 5.76 Å². The molecule has 8 heteroatoms. The minimum Gasteiger partial charge on any atom is -0.459 e. The van der Waals surface area contributed by atoms with E-state index in [1.165, 1.54) is 16.0 Å². The summed E-state index contributed by atoms with van der Waals surface area (Å²) in [5.41, 5.74) is 1.54. The smallest absolute Gasteiger partial charge is 0.287 e. The fraction of sp³-hybridized carbons (Fsp3) is 0.316.